The van der Waals surface area contributed by atoms with E-state index >= 15 is 0 Å². The van der Waals surface area contributed by atoms with Gasteiger partial charge in [-0.2, -0.15) is 0 Å². The number of aromatic nitrogens is 1. The van der Waals surface area contributed by atoms with Crippen molar-refractivity contribution in [3.8, 4) is 5.75 Å². The van der Waals surface area contributed by atoms with Crippen molar-refractivity contribution in [1.82, 2.24) is 14.8 Å². The van der Waals surface area contributed by atoms with Crippen LogP contribution in [-0.2, 0) is 6.54 Å². The predicted octanol–water partition coefficient (Wildman–Crippen LogP) is 3.30. The molecule has 1 aliphatic heterocycles. The number of piperazine rings is 1. The van der Waals surface area contributed by atoms with E-state index in [1.165, 1.54) is 11.8 Å². The molecule has 0 radical (unpaired) electrons. The van der Waals surface area contributed by atoms with Crippen molar-refractivity contribution in [2.45, 2.75) is 6.54 Å². The van der Waals surface area contributed by atoms with E-state index in [9.17, 15) is 9.59 Å². The van der Waals surface area contributed by atoms with E-state index in [2.05, 4.69) is 27.3 Å². The van der Waals surface area contributed by atoms with Gasteiger partial charge in [-0.05, 0) is 48.0 Å². The lowest BCUT2D eigenvalue weighted by atomic mass is 10.1. The summed E-state index contributed by atoms with van der Waals surface area (Å²) < 4.78 is 5.21. The number of carbonyl (C=O) groups is 2. The van der Waals surface area contributed by atoms with Gasteiger partial charge in [-0.1, -0.05) is 18.2 Å². The topological polar surface area (TPSA) is 74.8 Å². The van der Waals surface area contributed by atoms with Gasteiger partial charge in [-0.15, -0.1) is 0 Å². The normalized spacial score (nSPS) is 14.1. The number of hydrogen-bond donors (Lipinski definition) is 1. The number of hydrogen-bond acceptors (Lipinski definition) is 5. The molecule has 0 unspecified atom stereocenters. The Hall–Kier alpha value is -3.71. The van der Waals surface area contributed by atoms with Crippen LogP contribution in [0.4, 0.5) is 5.69 Å². The second kappa shape index (κ2) is 10.1. The molecular weight excluding hydrogens is 404 g/mol. The maximum absolute atomic E-state index is 13.0. The molecule has 2 amide bonds. The van der Waals surface area contributed by atoms with Crippen LogP contribution in [0.15, 0.2) is 73.1 Å². The van der Waals surface area contributed by atoms with Crippen LogP contribution in [0.5, 0.6) is 5.75 Å². The molecule has 1 saturated heterocycles. The van der Waals surface area contributed by atoms with Gasteiger partial charge in [0.2, 0.25) is 0 Å². The van der Waals surface area contributed by atoms with Gasteiger partial charge in [0.15, 0.2) is 0 Å². The van der Waals surface area contributed by atoms with Crippen molar-refractivity contribution < 1.29 is 14.3 Å². The smallest absolute Gasteiger partial charge is 0.257 e. The van der Waals surface area contributed by atoms with Crippen molar-refractivity contribution in [3.63, 3.8) is 0 Å². The molecule has 2 heterocycles. The summed E-state index contributed by atoms with van der Waals surface area (Å²) in [6, 6.07) is 18.6. The highest BCUT2D eigenvalue weighted by atomic mass is 16.5. The maximum atomic E-state index is 13.0. The highest BCUT2D eigenvalue weighted by Gasteiger charge is 2.22. The Morgan fingerprint density at radius 2 is 1.72 bits per heavy atom. The molecule has 4 rings (SSSR count). The minimum absolute atomic E-state index is 0.0217. The number of carbonyl (C=O) groups excluding carboxylic acids is 2. The van der Waals surface area contributed by atoms with Gasteiger partial charge in [0.25, 0.3) is 11.8 Å². The Morgan fingerprint density at radius 3 is 2.41 bits per heavy atom. The number of pyridine rings is 1. The fraction of sp³-hybridized carbons (Fsp3) is 0.240. The lowest BCUT2D eigenvalue weighted by molar-refractivity contribution is 0.0628. The van der Waals surface area contributed by atoms with Gasteiger partial charge in [0.05, 0.1) is 12.7 Å². The van der Waals surface area contributed by atoms with Crippen LogP contribution in [0.1, 0.15) is 26.3 Å². The Kier molecular flexibility index (Phi) is 6.77. The van der Waals surface area contributed by atoms with Gasteiger partial charge >= 0.3 is 0 Å². The highest BCUT2D eigenvalue weighted by Crippen LogP contribution is 2.17. The molecule has 2 aromatic carbocycles. The van der Waals surface area contributed by atoms with Crippen molar-refractivity contribution in [2.75, 3.05) is 38.6 Å². The molecule has 0 atom stereocenters. The summed E-state index contributed by atoms with van der Waals surface area (Å²) in [5.74, 6) is 0.574. The Bertz CT molecular complexity index is 1060. The Morgan fingerprint density at radius 1 is 0.969 bits per heavy atom. The summed E-state index contributed by atoms with van der Waals surface area (Å²) >= 11 is 0. The van der Waals surface area contributed by atoms with E-state index in [-0.39, 0.29) is 11.8 Å². The molecule has 164 valence electrons. The summed E-state index contributed by atoms with van der Waals surface area (Å²) in [5, 5.41) is 2.83. The summed E-state index contributed by atoms with van der Waals surface area (Å²) in [7, 11) is 1.66. The number of anilines is 1. The third-order valence-electron chi connectivity index (χ3n) is 5.52. The average Bonchev–Trinajstić information content (AvgIpc) is 2.85. The summed E-state index contributed by atoms with van der Waals surface area (Å²) in [4.78, 5) is 33.5. The third kappa shape index (κ3) is 5.31. The molecule has 1 N–H and O–H groups in total. The third-order valence-corrected chi connectivity index (χ3v) is 5.52. The van der Waals surface area contributed by atoms with Gasteiger partial charge in [-0.25, -0.2) is 0 Å². The molecule has 0 bridgehead atoms. The van der Waals surface area contributed by atoms with Crippen molar-refractivity contribution in [2.24, 2.45) is 0 Å². The zero-order chi connectivity index (χ0) is 22.3. The van der Waals surface area contributed by atoms with Gasteiger partial charge in [0, 0.05) is 56.4 Å². The molecule has 7 nitrogen and oxygen atoms in total. The lowest BCUT2D eigenvalue weighted by Gasteiger charge is -2.34. The SMILES string of the molecule is COc1ccc(CN2CCN(C(=O)c3cccc(NC(=O)c4cccnc4)c3)CC2)cc1. The first-order valence-electron chi connectivity index (χ1n) is 10.6. The molecule has 1 fully saturated rings. The minimum Gasteiger partial charge on any atom is -0.497 e. The fourth-order valence-electron chi connectivity index (χ4n) is 3.71. The average molecular weight is 431 g/mol. The zero-order valence-corrected chi connectivity index (χ0v) is 18.0. The maximum Gasteiger partial charge on any atom is 0.257 e. The molecule has 0 aliphatic carbocycles. The van der Waals surface area contributed by atoms with Crippen LogP contribution < -0.4 is 10.1 Å². The zero-order valence-electron chi connectivity index (χ0n) is 18.0. The van der Waals surface area contributed by atoms with Crippen LogP contribution in [0.3, 0.4) is 0 Å². The van der Waals surface area contributed by atoms with Crippen LogP contribution in [-0.4, -0.2) is 59.9 Å². The predicted molar refractivity (Wildman–Crippen MR) is 123 cm³/mol. The quantitative estimate of drug-likeness (QED) is 0.650. The monoisotopic (exact) mass is 430 g/mol. The molecule has 1 aromatic heterocycles. The first kappa shape index (κ1) is 21.5. The summed E-state index contributed by atoms with van der Waals surface area (Å²) in [6.45, 7) is 3.81. The van der Waals surface area contributed by atoms with E-state index in [4.69, 9.17) is 4.74 Å². The molecule has 32 heavy (non-hydrogen) atoms. The molecule has 3 aromatic rings. The minimum atomic E-state index is -0.255. The summed E-state index contributed by atoms with van der Waals surface area (Å²) in [5.41, 5.74) is 2.85. The number of rotatable bonds is 6. The fourth-order valence-corrected chi connectivity index (χ4v) is 3.71. The largest absolute Gasteiger partial charge is 0.497 e. The second-order valence-electron chi connectivity index (χ2n) is 7.69. The molecule has 7 heteroatoms. The molecular formula is C25H26N4O3. The van der Waals surface area contributed by atoms with Crippen LogP contribution in [0.2, 0.25) is 0 Å². The Balaban J connectivity index is 1.33. The number of ether oxygens (including phenoxy) is 1. The lowest BCUT2D eigenvalue weighted by Crippen LogP contribution is -2.48. The first-order valence-corrected chi connectivity index (χ1v) is 10.6. The van der Waals surface area contributed by atoms with Crippen LogP contribution in [0.25, 0.3) is 0 Å². The van der Waals surface area contributed by atoms with E-state index in [1.807, 2.05) is 17.0 Å². The Labute approximate surface area is 187 Å². The standard InChI is InChI=1S/C25H26N4O3/c1-32-23-9-7-19(8-10-23)18-28-12-14-29(15-13-28)25(31)20-4-2-6-22(16-20)27-24(30)21-5-3-11-26-17-21/h2-11,16-17H,12-15,18H2,1H3,(H,27,30). The van der Waals surface area contributed by atoms with Gasteiger partial charge in [-0.3, -0.25) is 19.5 Å². The number of methoxy groups -OCH3 is 1. The van der Waals surface area contributed by atoms with E-state index in [0.717, 1.165) is 25.4 Å². The van der Waals surface area contributed by atoms with Gasteiger partial charge < -0.3 is 15.0 Å². The number of nitrogens with zero attached hydrogens (tertiary/aromatic N) is 3. The second-order valence-corrected chi connectivity index (χ2v) is 7.69. The number of amides is 2. The van der Waals surface area contributed by atoms with Crippen LogP contribution >= 0.6 is 0 Å². The van der Waals surface area contributed by atoms with E-state index < -0.39 is 0 Å². The van der Waals surface area contributed by atoms with Crippen LogP contribution in [0, 0.1) is 0 Å². The number of benzene rings is 2. The first-order chi connectivity index (χ1) is 15.6. The van der Waals surface area contributed by atoms with Gasteiger partial charge in [0.1, 0.15) is 5.75 Å². The molecule has 0 saturated carbocycles. The van der Waals surface area contributed by atoms with E-state index in [0.29, 0.717) is 29.9 Å². The highest BCUT2D eigenvalue weighted by molar-refractivity contribution is 6.04. The van der Waals surface area contributed by atoms with Crippen molar-refractivity contribution in [3.05, 3.63) is 89.7 Å². The number of nitrogens with one attached hydrogen (secondary N) is 1. The van der Waals surface area contributed by atoms with E-state index in [1.54, 1.807) is 49.7 Å². The molecule has 1 aliphatic rings. The summed E-state index contributed by atoms with van der Waals surface area (Å²) in [6.07, 6.45) is 3.13. The molecule has 0 spiro atoms. The van der Waals surface area contributed by atoms with Crippen molar-refractivity contribution in [1.29, 1.82) is 0 Å². The van der Waals surface area contributed by atoms with Crippen molar-refractivity contribution >= 4 is 17.5 Å².